The topological polar surface area (TPSA) is 72.1 Å². The maximum Gasteiger partial charge on any atom is 0.237 e. The van der Waals surface area contributed by atoms with Crippen LogP contribution in [0.3, 0.4) is 0 Å². The number of halogens is 1. The predicted octanol–water partition coefficient (Wildman–Crippen LogP) is 1.70. The van der Waals surface area contributed by atoms with Crippen LogP contribution in [0.5, 0.6) is 0 Å². The van der Waals surface area contributed by atoms with E-state index in [0.717, 1.165) is 10.6 Å². The number of anilines is 1. The van der Waals surface area contributed by atoms with E-state index in [1.54, 1.807) is 11.9 Å². The highest BCUT2D eigenvalue weighted by Gasteiger charge is 2.11. The number of hydrogen-bond acceptors (Lipinski definition) is 5. The van der Waals surface area contributed by atoms with Gasteiger partial charge >= 0.3 is 0 Å². The number of amides is 1. The van der Waals surface area contributed by atoms with Gasteiger partial charge in [0.05, 0.1) is 6.54 Å². The first-order valence-electron chi connectivity index (χ1n) is 5.61. The van der Waals surface area contributed by atoms with Crippen molar-refractivity contribution >= 4 is 34.0 Å². The number of carbonyl (C=O) groups excluding carboxylic acids is 1. The van der Waals surface area contributed by atoms with Crippen LogP contribution in [0.4, 0.5) is 5.13 Å². The molecule has 1 amide bonds. The SMILES string of the molecule is CN(CC(N)=O)c1nnc(Cc2ccc(Cl)cc2)s1. The first kappa shape index (κ1) is 13.8. The van der Waals surface area contributed by atoms with Gasteiger partial charge in [-0.1, -0.05) is 35.1 Å². The molecule has 7 heteroatoms. The first-order valence-corrected chi connectivity index (χ1v) is 6.80. The van der Waals surface area contributed by atoms with Crippen LogP contribution >= 0.6 is 22.9 Å². The van der Waals surface area contributed by atoms with Gasteiger partial charge in [0.15, 0.2) is 0 Å². The fourth-order valence-electron chi connectivity index (χ4n) is 1.55. The van der Waals surface area contributed by atoms with Crippen molar-refractivity contribution in [2.75, 3.05) is 18.5 Å². The van der Waals surface area contributed by atoms with Crippen molar-refractivity contribution in [3.63, 3.8) is 0 Å². The molecule has 2 rings (SSSR count). The van der Waals surface area contributed by atoms with Crippen molar-refractivity contribution in [1.29, 1.82) is 0 Å². The van der Waals surface area contributed by atoms with Crippen molar-refractivity contribution in [2.45, 2.75) is 6.42 Å². The summed E-state index contributed by atoms with van der Waals surface area (Å²) in [6, 6.07) is 7.60. The van der Waals surface area contributed by atoms with Crippen LogP contribution in [0.15, 0.2) is 24.3 Å². The number of primary amides is 1. The summed E-state index contributed by atoms with van der Waals surface area (Å²) < 4.78 is 0. The number of aromatic nitrogens is 2. The summed E-state index contributed by atoms with van der Waals surface area (Å²) in [5.74, 6) is -0.392. The molecule has 0 aliphatic rings. The standard InChI is InChI=1S/C12H13ClN4OS/c1-17(7-10(14)18)12-16-15-11(19-12)6-8-2-4-9(13)5-3-8/h2-5H,6-7H2,1H3,(H2,14,18). The van der Waals surface area contributed by atoms with Gasteiger partial charge in [0.25, 0.3) is 0 Å². The molecular weight excluding hydrogens is 284 g/mol. The molecule has 0 aliphatic heterocycles. The summed E-state index contributed by atoms with van der Waals surface area (Å²) in [7, 11) is 1.76. The summed E-state index contributed by atoms with van der Waals surface area (Å²) in [6.45, 7) is 0.135. The summed E-state index contributed by atoms with van der Waals surface area (Å²) in [5.41, 5.74) is 6.25. The van der Waals surface area contributed by atoms with Crippen LogP contribution in [-0.4, -0.2) is 29.7 Å². The normalized spacial score (nSPS) is 10.4. The maximum absolute atomic E-state index is 10.8. The molecule has 0 bridgehead atoms. The minimum Gasteiger partial charge on any atom is -0.368 e. The molecule has 100 valence electrons. The van der Waals surface area contributed by atoms with E-state index in [1.165, 1.54) is 11.3 Å². The number of nitrogens with two attached hydrogens (primary N) is 1. The van der Waals surface area contributed by atoms with Gasteiger partial charge in [-0.2, -0.15) is 0 Å². The average molecular weight is 297 g/mol. The van der Waals surface area contributed by atoms with E-state index in [-0.39, 0.29) is 6.54 Å². The lowest BCUT2D eigenvalue weighted by molar-refractivity contribution is -0.116. The molecule has 2 aromatic rings. The van der Waals surface area contributed by atoms with E-state index in [4.69, 9.17) is 17.3 Å². The smallest absolute Gasteiger partial charge is 0.237 e. The minimum atomic E-state index is -0.392. The predicted molar refractivity (Wildman–Crippen MR) is 76.6 cm³/mol. The second-order valence-corrected chi connectivity index (χ2v) is 5.58. The average Bonchev–Trinajstić information content (AvgIpc) is 2.80. The molecule has 0 aliphatic carbocycles. The molecule has 19 heavy (non-hydrogen) atoms. The molecule has 0 saturated heterocycles. The Balaban J connectivity index is 2.04. The highest BCUT2D eigenvalue weighted by atomic mass is 35.5. The van der Waals surface area contributed by atoms with Gasteiger partial charge in [0.2, 0.25) is 11.0 Å². The van der Waals surface area contributed by atoms with E-state index in [9.17, 15) is 4.79 Å². The Labute approximate surface area is 120 Å². The van der Waals surface area contributed by atoms with Crippen molar-refractivity contribution in [3.8, 4) is 0 Å². The third kappa shape index (κ3) is 3.90. The molecule has 1 aromatic heterocycles. The van der Waals surface area contributed by atoms with Gasteiger partial charge in [-0.3, -0.25) is 4.79 Å². The van der Waals surface area contributed by atoms with E-state index in [2.05, 4.69) is 10.2 Å². The number of carbonyl (C=O) groups is 1. The fourth-order valence-corrected chi connectivity index (χ4v) is 2.51. The molecule has 0 saturated carbocycles. The van der Waals surface area contributed by atoms with Crippen LogP contribution in [0.2, 0.25) is 5.02 Å². The molecule has 0 unspecified atom stereocenters. The number of benzene rings is 1. The second kappa shape index (κ2) is 5.99. The third-order valence-corrected chi connectivity index (χ3v) is 3.73. The Morgan fingerprint density at radius 3 is 2.68 bits per heavy atom. The van der Waals surface area contributed by atoms with E-state index in [1.807, 2.05) is 24.3 Å². The molecule has 1 aromatic carbocycles. The lowest BCUT2D eigenvalue weighted by Gasteiger charge is -2.11. The Kier molecular flexibility index (Phi) is 4.34. The van der Waals surface area contributed by atoms with Gasteiger partial charge in [-0.05, 0) is 17.7 Å². The van der Waals surface area contributed by atoms with Gasteiger partial charge < -0.3 is 10.6 Å². The van der Waals surface area contributed by atoms with Crippen molar-refractivity contribution < 1.29 is 4.79 Å². The van der Waals surface area contributed by atoms with Gasteiger partial charge in [-0.15, -0.1) is 10.2 Å². The molecule has 5 nitrogen and oxygen atoms in total. The van der Waals surface area contributed by atoms with Gasteiger partial charge in [0.1, 0.15) is 5.01 Å². The zero-order chi connectivity index (χ0) is 13.8. The van der Waals surface area contributed by atoms with E-state index < -0.39 is 5.91 Å². The Morgan fingerprint density at radius 2 is 2.05 bits per heavy atom. The monoisotopic (exact) mass is 296 g/mol. The maximum atomic E-state index is 10.8. The van der Waals surface area contributed by atoms with Crippen molar-refractivity contribution in [2.24, 2.45) is 5.73 Å². The zero-order valence-corrected chi connectivity index (χ0v) is 11.9. The van der Waals surface area contributed by atoms with Gasteiger partial charge in [-0.25, -0.2) is 0 Å². The van der Waals surface area contributed by atoms with Crippen LogP contribution in [-0.2, 0) is 11.2 Å². The number of hydrogen-bond donors (Lipinski definition) is 1. The number of rotatable bonds is 5. The van der Waals surface area contributed by atoms with Crippen LogP contribution in [0.25, 0.3) is 0 Å². The Morgan fingerprint density at radius 1 is 1.37 bits per heavy atom. The highest BCUT2D eigenvalue weighted by Crippen LogP contribution is 2.21. The number of likely N-dealkylation sites (N-methyl/N-ethyl adjacent to an activating group) is 1. The molecule has 0 radical (unpaired) electrons. The van der Waals surface area contributed by atoms with E-state index in [0.29, 0.717) is 16.6 Å². The van der Waals surface area contributed by atoms with Crippen molar-refractivity contribution in [1.82, 2.24) is 10.2 Å². The zero-order valence-electron chi connectivity index (χ0n) is 10.3. The fraction of sp³-hybridized carbons (Fsp3) is 0.250. The third-order valence-electron chi connectivity index (χ3n) is 2.44. The molecular formula is C12H13ClN4OS. The minimum absolute atomic E-state index is 0.135. The summed E-state index contributed by atoms with van der Waals surface area (Å²) >= 11 is 7.28. The van der Waals surface area contributed by atoms with Crippen LogP contribution < -0.4 is 10.6 Å². The van der Waals surface area contributed by atoms with Crippen LogP contribution in [0, 0.1) is 0 Å². The largest absolute Gasteiger partial charge is 0.368 e. The quantitative estimate of drug-likeness (QED) is 0.911. The highest BCUT2D eigenvalue weighted by molar-refractivity contribution is 7.15. The molecule has 2 N–H and O–H groups in total. The van der Waals surface area contributed by atoms with E-state index >= 15 is 0 Å². The molecule has 0 spiro atoms. The van der Waals surface area contributed by atoms with Crippen LogP contribution in [0.1, 0.15) is 10.6 Å². The lowest BCUT2D eigenvalue weighted by atomic mass is 10.2. The molecule has 1 heterocycles. The molecule has 0 fully saturated rings. The summed E-state index contributed by atoms with van der Waals surface area (Å²) in [4.78, 5) is 12.5. The molecule has 0 atom stereocenters. The summed E-state index contributed by atoms with van der Waals surface area (Å²) in [5, 5.41) is 10.4. The van der Waals surface area contributed by atoms with Crippen molar-refractivity contribution in [3.05, 3.63) is 39.9 Å². The Hall–Kier alpha value is -1.66. The first-order chi connectivity index (χ1) is 9.04. The number of nitrogens with zero attached hydrogens (tertiary/aromatic N) is 3. The Bertz CT molecular complexity index is 569. The second-order valence-electron chi connectivity index (χ2n) is 4.10. The summed E-state index contributed by atoms with van der Waals surface area (Å²) in [6.07, 6.45) is 0.694. The lowest BCUT2D eigenvalue weighted by Crippen LogP contribution is -2.30. The van der Waals surface area contributed by atoms with Gasteiger partial charge in [0, 0.05) is 18.5 Å².